The molecule has 2 nitrogen and oxygen atoms in total. The van der Waals surface area contributed by atoms with Crippen LogP contribution in [0.4, 0.5) is 0 Å². The van der Waals surface area contributed by atoms with E-state index in [1.165, 1.54) is 4.88 Å². The number of halogens is 1. The van der Waals surface area contributed by atoms with Gasteiger partial charge in [0.15, 0.2) is 5.78 Å². The molecule has 0 N–H and O–H groups in total. The van der Waals surface area contributed by atoms with E-state index in [1.807, 2.05) is 26.0 Å². The second kappa shape index (κ2) is 5.07. The number of aromatic nitrogens is 1. The van der Waals surface area contributed by atoms with E-state index >= 15 is 0 Å². The van der Waals surface area contributed by atoms with Crippen molar-refractivity contribution in [2.45, 2.75) is 20.4 Å². The van der Waals surface area contributed by atoms with Gasteiger partial charge in [0.25, 0.3) is 0 Å². The Morgan fingerprint density at radius 2 is 2.24 bits per heavy atom. The number of alkyl halides is 1. The lowest BCUT2D eigenvalue weighted by atomic mass is 10.2. The van der Waals surface area contributed by atoms with Crippen molar-refractivity contribution in [3.05, 3.63) is 45.4 Å². The number of ketones is 1. The number of hydrogen-bond acceptors (Lipinski definition) is 2. The Labute approximate surface area is 110 Å². The van der Waals surface area contributed by atoms with Gasteiger partial charge < -0.3 is 4.57 Å². The maximum atomic E-state index is 11.7. The van der Waals surface area contributed by atoms with Crippen molar-refractivity contribution in [3.8, 4) is 0 Å². The second-order valence-electron chi connectivity index (χ2n) is 4.01. The minimum atomic E-state index is -0.00260. The number of carbonyl (C=O) groups is 1. The van der Waals surface area contributed by atoms with Crippen LogP contribution in [0.5, 0.6) is 0 Å². The molecular weight excluding hydrogens is 254 g/mol. The molecule has 0 bridgehead atoms. The Hall–Kier alpha value is -1.06. The van der Waals surface area contributed by atoms with Gasteiger partial charge in [0.1, 0.15) is 0 Å². The van der Waals surface area contributed by atoms with Crippen LogP contribution in [0.15, 0.2) is 23.6 Å². The van der Waals surface area contributed by atoms with Gasteiger partial charge in [0, 0.05) is 21.8 Å². The molecule has 17 heavy (non-hydrogen) atoms. The molecule has 0 fully saturated rings. The molecule has 2 aromatic rings. The topological polar surface area (TPSA) is 22.0 Å². The molecule has 0 unspecified atom stereocenters. The zero-order valence-corrected chi connectivity index (χ0v) is 11.4. The summed E-state index contributed by atoms with van der Waals surface area (Å²) in [5.74, 6) is 0.0423. The first-order valence-corrected chi connectivity index (χ1v) is 6.83. The summed E-state index contributed by atoms with van der Waals surface area (Å²) in [6.45, 7) is 4.82. The van der Waals surface area contributed by atoms with Gasteiger partial charge in [0.2, 0.25) is 0 Å². The molecule has 0 saturated heterocycles. The first kappa shape index (κ1) is 12.4. The quantitative estimate of drug-likeness (QED) is 0.612. The zero-order chi connectivity index (χ0) is 12.4. The molecule has 0 amide bonds. The van der Waals surface area contributed by atoms with E-state index < -0.39 is 0 Å². The molecule has 4 heteroatoms. The Kier molecular flexibility index (Phi) is 3.69. The Bertz CT molecular complexity index is 528. The molecule has 0 spiro atoms. The monoisotopic (exact) mass is 267 g/mol. The van der Waals surface area contributed by atoms with Crippen LogP contribution in [-0.4, -0.2) is 16.2 Å². The summed E-state index contributed by atoms with van der Waals surface area (Å²) in [6.07, 6.45) is 0. The van der Waals surface area contributed by atoms with Crippen molar-refractivity contribution in [2.24, 2.45) is 0 Å². The molecule has 0 radical (unpaired) electrons. The van der Waals surface area contributed by atoms with Crippen LogP contribution in [0, 0.1) is 13.8 Å². The smallest absolute Gasteiger partial charge is 0.179 e. The average molecular weight is 268 g/mol. The van der Waals surface area contributed by atoms with Gasteiger partial charge in [-0.1, -0.05) is 6.07 Å². The fourth-order valence-corrected chi connectivity index (χ4v) is 2.79. The highest BCUT2D eigenvalue weighted by atomic mass is 35.5. The van der Waals surface area contributed by atoms with Gasteiger partial charge in [-0.15, -0.1) is 22.9 Å². The number of thiophene rings is 1. The first-order chi connectivity index (χ1) is 8.13. The lowest BCUT2D eigenvalue weighted by Crippen LogP contribution is -2.06. The number of nitrogens with zero attached hydrogens (tertiary/aromatic N) is 1. The molecule has 0 saturated carbocycles. The number of Topliss-reactive ketones (excluding diaryl/α,β-unsaturated/α-hetero) is 1. The van der Waals surface area contributed by atoms with Gasteiger partial charge in [-0.05, 0) is 31.4 Å². The minimum absolute atomic E-state index is 0.00260. The van der Waals surface area contributed by atoms with E-state index in [0.29, 0.717) is 0 Å². The molecule has 0 aromatic carbocycles. The molecule has 0 aliphatic rings. The van der Waals surface area contributed by atoms with E-state index in [2.05, 4.69) is 16.0 Å². The fourth-order valence-electron chi connectivity index (χ4n) is 1.96. The van der Waals surface area contributed by atoms with Crippen molar-refractivity contribution < 1.29 is 4.79 Å². The van der Waals surface area contributed by atoms with E-state index in [1.54, 1.807) is 11.3 Å². The minimum Gasteiger partial charge on any atom is -0.343 e. The summed E-state index contributed by atoms with van der Waals surface area (Å²) in [5.41, 5.74) is 2.85. The van der Waals surface area contributed by atoms with Gasteiger partial charge in [0.05, 0.1) is 12.4 Å². The van der Waals surface area contributed by atoms with Gasteiger partial charge in [-0.3, -0.25) is 4.79 Å². The SMILES string of the molecule is Cc1cc(C(=O)CCl)c(C)n1Cc1cccs1. The van der Waals surface area contributed by atoms with E-state index in [4.69, 9.17) is 11.6 Å². The molecule has 2 aromatic heterocycles. The van der Waals surface area contributed by atoms with Crippen molar-refractivity contribution in [3.63, 3.8) is 0 Å². The molecule has 0 atom stereocenters. The predicted octanol–water partition coefficient (Wildman–Crippen LogP) is 3.64. The van der Waals surface area contributed by atoms with Crippen LogP contribution >= 0.6 is 22.9 Å². The third-order valence-electron chi connectivity index (χ3n) is 2.89. The fraction of sp³-hybridized carbons (Fsp3) is 0.308. The van der Waals surface area contributed by atoms with Gasteiger partial charge in [-0.25, -0.2) is 0 Å². The third kappa shape index (κ3) is 2.45. The van der Waals surface area contributed by atoms with Crippen molar-refractivity contribution in [1.29, 1.82) is 0 Å². The highest BCUT2D eigenvalue weighted by molar-refractivity contribution is 7.09. The van der Waals surface area contributed by atoms with E-state index in [9.17, 15) is 4.79 Å². The maximum Gasteiger partial charge on any atom is 0.179 e. The highest BCUT2D eigenvalue weighted by Crippen LogP contribution is 2.19. The van der Waals surface area contributed by atoms with Crippen molar-refractivity contribution in [1.82, 2.24) is 4.57 Å². The summed E-state index contributed by atoms with van der Waals surface area (Å²) >= 11 is 7.33. The zero-order valence-electron chi connectivity index (χ0n) is 9.87. The number of hydrogen-bond donors (Lipinski definition) is 0. The summed E-state index contributed by atoms with van der Waals surface area (Å²) < 4.78 is 2.16. The molecule has 0 aliphatic heterocycles. The second-order valence-corrected chi connectivity index (χ2v) is 5.31. The Balaban J connectivity index is 2.35. The predicted molar refractivity (Wildman–Crippen MR) is 72.4 cm³/mol. The molecule has 2 rings (SSSR count). The summed E-state index contributed by atoms with van der Waals surface area (Å²) in [4.78, 5) is 12.9. The van der Waals surface area contributed by atoms with Crippen LogP contribution in [0.3, 0.4) is 0 Å². The van der Waals surface area contributed by atoms with Crippen LogP contribution in [-0.2, 0) is 6.54 Å². The highest BCUT2D eigenvalue weighted by Gasteiger charge is 2.14. The average Bonchev–Trinajstić information content (AvgIpc) is 2.91. The largest absolute Gasteiger partial charge is 0.343 e. The summed E-state index contributed by atoms with van der Waals surface area (Å²) in [7, 11) is 0. The lowest BCUT2D eigenvalue weighted by Gasteiger charge is -2.07. The Morgan fingerprint density at radius 1 is 1.47 bits per heavy atom. The number of carbonyl (C=O) groups excluding carboxylic acids is 1. The first-order valence-electron chi connectivity index (χ1n) is 5.41. The maximum absolute atomic E-state index is 11.7. The van der Waals surface area contributed by atoms with E-state index in [-0.39, 0.29) is 11.7 Å². The molecular formula is C13H14ClNOS. The number of rotatable bonds is 4. The Morgan fingerprint density at radius 3 is 2.82 bits per heavy atom. The van der Waals surface area contributed by atoms with Crippen LogP contribution in [0.2, 0.25) is 0 Å². The number of aryl methyl sites for hydroxylation is 1. The summed E-state index contributed by atoms with van der Waals surface area (Å²) in [5, 5.41) is 2.06. The van der Waals surface area contributed by atoms with Crippen molar-refractivity contribution in [2.75, 3.05) is 5.88 Å². The van der Waals surface area contributed by atoms with Crippen molar-refractivity contribution >= 4 is 28.7 Å². The molecule has 90 valence electrons. The molecule has 2 heterocycles. The van der Waals surface area contributed by atoms with Gasteiger partial charge >= 0.3 is 0 Å². The van der Waals surface area contributed by atoms with E-state index in [0.717, 1.165) is 23.5 Å². The lowest BCUT2D eigenvalue weighted by molar-refractivity contribution is 0.102. The molecule has 0 aliphatic carbocycles. The normalized spacial score (nSPS) is 10.8. The standard InChI is InChI=1S/C13H14ClNOS/c1-9-6-12(13(16)7-14)10(2)15(9)8-11-4-3-5-17-11/h3-6H,7-8H2,1-2H3. The van der Waals surface area contributed by atoms with Gasteiger partial charge in [-0.2, -0.15) is 0 Å². The summed E-state index contributed by atoms with van der Waals surface area (Å²) in [6, 6.07) is 6.07. The third-order valence-corrected chi connectivity index (χ3v) is 3.99. The van der Waals surface area contributed by atoms with Crippen LogP contribution in [0.1, 0.15) is 26.6 Å². The van der Waals surface area contributed by atoms with Crippen LogP contribution < -0.4 is 0 Å². The van der Waals surface area contributed by atoms with Crippen LogP contribution in [0.25, 0.3) is 0 Å².